The zero-order valence-electron chi connectivity index (χ0n) is 10.4. The molecular formula is C14H15ClN2O. The quantitative estimate of drug-likeness (QED) is 0.909. The maximum absolute atomic E-state index is 6.03. The van der Waals surface area contributed by atoms with Gasteiger partial charge in [-0.15, -0.1) is 0 Å². The number of hydrogen-bond acceptors (Lipinski definition) is 3. The molecule has 0 saturated heterocycles. The molecule has 0 aliphatic carbocycles. The van der Waals surface area contributed by atoms with Crippen LogP contribution in [0.3, 0.4) is 0 Å². The standard InChI is InChI=1S/C14H15ClN2O/c1-3-16-14-6-4-5-12(17-14)11-9-10(15)7-8-13(11)18-2/h4-9H,3H2,1-2H3,(H,16,17). The molecule has 0 bridgehead atoms. The molecule has 2 aromatic rings. The van der Waals surface area contributed by atoms with Gasteiger partial charge < -0.3 is 10.1 Å². The molecule has 0 aliphatic heterocycles. The Balaban J connectivity index is 2.47. The fourth-order valence-corrected chi connectivity index (χ4v) is 1.92. The predicted octanol–water partition coefficient (Wildman–Crippen LogP) is 3.84. The van der Waals surface area contributed by atoms with Crippen LogP contribution in [0.5, 0.6) is 5.75 Å². The average molecular weight is 263 g/mol. The second kappa shape index (κ2) is 5.74. The Hall–Kier alpha value is -1.74. The van der Waals surface area contributed by atoms with E-state index in [9.17, 15) is 0 Å². The number of benzene rings is 1. The predicted molar refractivity (Wildman–Crippen MR) is 75.4 cm³/mol. The van der Waals surface area contributed by atoms with Crippen LogP contribution in [-0.4, -0.2) is 18.6 Å². The first-order chi connectivity index (χ1) is 8.74. The van der Waals surface area contributed by atoms with Crippen molar-refractivity contribution in [2.45, 2.75) is 6.92 Å². The molecule has 3 nitrogen and oxygen atoms in total. The number of anilines is 1. The molecule has 0 aliphatic rings. The van der Waals surface area contributed by atoms with Crippen molar-refractivity contribution in [2.75, 3.05) is 19.0 Å². The Labute approximate surface area is 112 Å². The zero-order chi connectivity index (χ0) is 13.0. The number of ether oxygens (including phenoxy) is 1. The van der Waals surface area contributed by atoms with Crippen LogP contribution < -0.4 is 10.1 Å². The van der Waals surface area contributed by atoms with Gasteiger partial charge in [-0.3, -0.25) is 0 Å². The lowest BCUT2D eigenvalue weighted by Crippen LogP contribution is -1.99. The first kappa shape index (κ1) is 12.7. The molecule has 1 aromatic carbocycles. The molecule has 0 radical (unpaired) electrons. The van der Waals surface area contributed by atoms with Gasteiger partial charge in [-0.1, -0.05) is 17.7 Å². The Morgan fingerprint density at radius 1 is 1.28 bits per heavy atom. The van der Waals surface area contributed by atoms with E-state index in [1.54, 1.807) is 13.2 Å². The van der Waals surface area contributed by atoms with Crippen LogP contribution in [-0.2, 0) is 0 Å². The summed E-state index contributed by atoms with van der Waals surface area (Å²) in [5.41, 5.74) is 1.73. The minimum absolute atomic E-state index is 0.668. The zero-order valence-corrected chi connectivity index (χ0v) is 11.2. The van der Waals surface area contributed by atoms with Crippen LogP contribution >= 0.6 is 11.6 Å². The highest BCUT2D eigenvalue weighted by molar-refractivity contribution is 6.30. The number of methoxy groups -OCH3 is 1. The maximum atomic E-state index is 6.03. The average Bonchev–Trinajstić information content (AvgIpc) is 2.39. The molecule has 0 atom stereocenters. The Morgan fingerprint density at radius 3 is 2.83 bits per heavy atom. The van der Waals surface area contributed by atoms with E-state index in [4.69, 9.17) is 16.3 Å². The minimum atomic E-state index is 0.668. The van der Waals surface area contributed by atoms with Gasteiger partial charge in [0.2, 0.25) is 0 Å². The highest BCUT2D eigenvalue weighted by Crippen LogP contribution is 2.31. The summed E-state index contributed by atoms with van der Waals surface area (Å²) in [5, 5.41) is 3.85. The third kappa shape index (κ3) is 2.74. The molecule has 0 spiro atoms. The van der Waals surface area contributed by atoms with Crippen molar-refractivity contribution >= 4 is 17.4 Å². The normalized spacial score (nSPS) is 10.2. The molecule has 94 valence electrons. The van der Waals surface area contributed by atoms with Gasteiger partial charge in [0, 0.05) is 17.1 Å². The third-order valence-electron chi connectivity index (χ3n) is 2.54. The van der Waals surface area contributed by atoms with Crippen LogP contribution in [0.1, 0.15) is 6.92 Å². The number of pyridine rings is 1. The van der Waals surface area contributed by atoms with E-state index in [2.05, 4.69) is 10.3 Å². The molecule has 1 N–H and O–H groups in total. The molecule has 0 unspecified atom stereocenters. The summed E-state index contributed by atoms with van der Waals surface area (Å²) in [6.45, 7) is 2.87. The van der Waals surface area contributed by atoms with E-state index in [-0.39, 0.29) is 0 Å². The Bertz CT molecular complexity index is 543. The number of halogens is 1. The van der Waals surface area contributed by atoms with E-state index in [0.717, 1.165) is 29.4 Å². The van der Waals surface area contributed by atoms with Crippen molar-refractivity contribution < 1.29 is 4.74 Å². The highest BCUT2D eigenvalue weighted by Gasteiger charge is 2.08. The molecule has 4 heteroatoms. The van der Waals surface area contributed by atoms with Crippen molar-refractivity contribution in [2.24, 2.45) is 0 Å². The van der Waals surface area contributed by atoms with Crippen molar-refractivity contribution in [1.82, 2.24) is 4.98 Å². The first-order valence-electron chi connectivity index (χ1n) is 5.79. The largest absolute Gasteiger partial charge is 0.496 e. The lowest BCUT2D eigenvalue weighted by atomic mass is 10.1. The van der Waals surface area contributed by atoms with Gasteiger partial charge in [-0.2, -0.15) is 0 Å². The monoisotopic (exact) mass is 262 g/mol. The Morgan fingerprint density at radius 2 is 2.11 bits per heavy atom. The number of nitrogens with zero attached hydrogens (tertiary/aromatic N) is 1. The number of nitrogens with one attached hydrogen (secondary N) is 1. The summed E-state index contributed by atoms with van der Waals surface area (Å²) in [6, 6.07) is 11.3. The van der Waals surface area contributed by atoms with Crippen molar-refractivity contribution in [3.63, 3.8) is 0 Å². The molecule has 18 heavy (non-hydrogen) atoms. The lowest BCUT2D eigenvalue weighted by molar-refractivity contribution is 0.416. The van der Waals surface area contributed by atoms with Gasteiger partial charge in [0.1, 0.15) is 11.6 Å². The first-order valence-corrected chi connectivity index (χ1v) is 6.17. The van der Waals surface area contributed by atoms with E-state index < -0.39 is 0 Å². The van der Waals surface area contributed by atoms with Gasteiger partial charge >= 0.3 is 0 Å². The lowest BCUT2D eigenvalue weighted by Gasteiger charge is -2.10. The van der Waals surface area contributed by atoms with Gasteiger partial charge in [0.15, 0.2) is 0 Å². The fourth-order valence-electron chi connectivity index (χ4n) is 1.74. The summed E-state index contributed by atoms with van der Waals surface area (Å²) in [6.07, 6.45) is 0. The second-order valence-corrected chi connectivity index (χ2v) is 4.22. The summed E-state index contributed by atoms with van der Waals surface area (Å²) in [4.78, 5) is 4.53. The van der Waals surface area contributed by atoms with Crippen LogP contribution in [0.2, 0.25) is 5.02 Å². The molecule has 0 fully saturated rings. The summed E-state index contributed by atoms with van der Waals surface area (Å²) in [5.74, 6) is 1.61. The topological polar surface area (TPSA) is 34.1 Å². The molecule has 1 heterocycles. The van der Waals surface area contributed by atoms with Gasteiger partial charge in [-0.25, -0.2) is 4.98 Å². The van der Waals surface area contributed by atoms with Crippen molar-refractivity contribution in [1.29, 1.82) is 0 Å². The summed E-state index contributed by atoms with van der Waals surface area (Å²) < 4.78 is 5.34. The van der Waals surface area contributed by atoms with E-state index >= 15 is 0 Å². The minimum Gasteiger partial charge on any atom is -0.496 e. The van der Waals surface area contributed by atoms with Crippen molar-refractivity contribution in [3.05, 3.63) is 41.4 Å². The molecule has 0 amide bonds. The molecule has 0 saturated carbocycles. The van der Waals surface area contributed by atoms with Crippen LogP contribution in [0, 0.1) is 0 Å². The van der Waals surface area contributed by atoms with E-state index in [0.29, 0.717) is 5.02 Å². The number of rotatable bonds is 4. The summed E-state index contributed by atoms with van der Waals surface area (Å²) >= 11 is 6.03. The van der Waals surface area contributed by atoms with E-state index in [1.165, 1.54) is 0 Å². The van der Waals surface area contributed by atoms with Gasteiger partial charge in [-0.05, 0) is 37.3 Å². The van der Waals surface area contributed by atoms with Gasteiger partial charge in [0.25, 0.3) is 0 Å². The van der Waals surface area contributed by atoms with E-state index in [1.807, 2.05) is 37.3 Å². The van der Waals surface area contributed by atoms with Crippen LogP contribution in [0.15, 0.2) is 36.4 Å². The number of hydrogen-bond donors (Lipinski definition) is 1. The number of aromatic nitrogens is 1. The van der Waals surface area contributed by atoms with Crippen LogP contribution in [0.4, 0.5) is 5.82 Å². The third-order valence-corrected chi connectivity index (χ3v) is 2.78. The SMILES string of the molecule is CCNc1cccc(-c2cc(Cl)ccc2OC)n1. The maximum Gasteiger partial charge on any atom is 0.128 e. The Kier molecular flexibility index (Phi) is 4.05. The summed E-state index contributed by atoms with van der Waals surface area (Å²) in [7, 11) is 1.64. The van der Waals surface area contributed by atoms with Gasteiger partial charge in [0.05, 0.1) is 12.8 Å². The molecule has 2 rings (SSSR count). The molecule has 1 aromatic heterocycles. The fraction of sp³-hybridized carbons (Fsp3) is 0.214. The van der Waals surface area contributed by atoms with Crippen molar-refractivity contribution in [3.8, 4) is 17.0 Å². The molecular weight excluding hydrogens is 248 g/mol. The highest BCUT2D eigenvalue weighted by atomic mass is 35.5. The second-order valence-electron chi connectivity index (χ2n) is 3.78. The van der Waals surface area contributed by atoms with Crippen LogP contribution in [0.25, 0.3) is 11.3 Å². The smallest absolute Gasteiger partial charge is 0.128 e.